The van der Waals surface area contributed by atoms with Crippen LogP contribution in [0, 0.1) is 0 Å². The second-order valence-corrected chi connectivity index (χ2v) is 4.67. The summed E-state index contributed by atoms with van der Waals surface area (Å²) in [4.78, 5) is 14.3. The van der Waals surface area contributed by atoms with E-state index in [1.165, 1.54) is 0 Å². The van der Waals surface area contributed by atoms with E-state index >= 15 is 0 Å². The van der Waals surface area contributed by atoms with Gasteiger partial charge in [0.1, 0.15) is 5.82 Å². The van der Waals surface area contributed by atoms with Gasteiger partial charge in [0.05, 0.1) is 14.2 Å². The maximum Gasteiger partial charge on any atom is 0.189 e. The van der Waals surface area contributed by atoms with Gasteiger partial charge in [-0.15, -0.1) is 0 Å². The number of benzene rings is 1. The topological polar surface area (TPSA) is 50.8 Å². The normalized spacial score (nSPS) is 16.8. The molecule has 1 saturated heterocycles. The van der Waals surface area contributed by atoms with Gasteiger partial charge in [-0.25, -0.2) is 0 Å². The third kappa shape index (κ3) is 3.04. The maximum atomic E-state index is 12.3. The van der Waals surface area contributed by atoms with Gasteiger partial charge in [0.2, 0.25) is 0 Å². The van der Waals surface area contributed by atoms with Crippen LogP contribution in [0.25, 0.3) is 0 Å². The van der Waals surface area contributed by atoms with Crippen molar-refractivity contribution in [3.63, 3.8) is 0 Å². The number of allylic oxidation sites excluding steroid dienone is 1. The first-order valence-corrected chi connectivity index (χ1v) is 6.58. The highest BCUT2D eigenvalue weighted by molar-refractivity contribution is 6.05. The van der Waals surface area contributed by atoms with Gasteiger partial charge in [-0.05, 0) is 24.6 Å². The third-order valence-corrected chi connectivity index (χ3v) is 3.32. The molecule has 0 saturated carbocycles. The molecule has 0 aromatic heterocycles. The second kappa shape index (κ2) is 6.32. The lowest BCUT2D eigenvalue weighted by Crippen LogP contribution is -2.37. The average Bonchev–Trinajstić information content (AvgIpc) is 2.48. The van der Waals surface area contributed by atoms with E-state index in [2.05, 4.69) is 5.32 Å². The van der Waals surface area contributed by atoms with Gasteiger partial charge in [-0.3, -0.25) is 4.79 Å². The number of carbonyl (C=O) groups excluding carboxylic acids is 1. The molecule has 1 N–H and O–H groups in total. The molecule has 108 valence electrons. The Kier molecular flexibility index (Phi) is 4.50. The second-order valence-electron chi connectivity index (χ2n) is 4.67. The summed E-state index contributed by atoms with van der Waals surface area (Å²) in [5.41, 5.74) is 0.580. The van der Waals surface area contributed by atoms with Crippen molar-refractivity contribution in [2.24, 2.45) is 0 Å². The summed E-state index contributed by atoms with van der Waals surface area (Å²) in [6.45, 7) is 1.85. The summed E-state index contributed by atoms with van der Waals surface area (Å²) in [5.74, 6) is 1.98. The predicted molar refractivity (Wildman–Crippen MR) is 77.2 cm³/mol. The fraction of sp³-hybridized carbons (Fsp3) is 0.400. The Morgan fingerprint density at radius 1 is 1.30 bits per heavy atom. The van der Waals surface area contributed by atoms with Gasteiger partial charge in [-0.2, -0.15) is 0 Å². The summed E-state index contributed by atoms with van der Waals surface area (Å²) in [6, 6.07) is 5.17. The SMILES string of the molecule is COc1ccc(C(=O)/C=C2\NCCCN2C)cc1OC. The number of ketones is 1. The molecular formula is C15H20N2O3. The van der Waals surface area contributed by atoms with E-state index < -0.39 is 0 Å². The first-order valence-electron chi connectivity index (χ1n) is 6.58. The van der Waals surface area contributed by atoms with Crippen LogP contribution in [0.15, 0.2) is 30.1 Å². The number of hydrogen-bond donors (Lipinski definition) is 1. The number of carbonyl (C=O) groups is 1. The van der Waals surface area contributed by atoms with E-state index in [1.54, 1.807) is 38.5 Å². The number of methoxy groups -OCH3 is 2. The molecule has 20 heavy (non-hydrogen) atoms. The summed E-state index contributed by atoms with van der Waals surface area (Å²) >= 11 is 0. The molecule has 1 aromatic rings. The molecule has 0 unspecified atom stereocenters. The molecule has 5 nitrogen and oxygen atoms in total. The van der Waals surface area contributed by atoms with E-state index in [-0.39, 0.29) is 5.78 Å². The van der Waals surface area contributed by atoms with Crippen LogP contribution in [0.4, 0.5) is 0 Å². The Morgan fingerprint density at radius 3 is 2.70 bits per heavy atom. The molecule has 0 aliphatic carbocycles. The Morgan fingerprint density at radius 2 is 2.05 bits per heavy atom. The van der Waals surface area contributed by atoms with Crippen molar-refractivity contribution >= 4 is 5.78 Å². The molecule has 1 aliphatic heterocycles. The Hall–Kier alpha value is -2.17. The van der Waals surface area contributed by atoms with Crippen LogP contribution in [-0.2, 0) is 0 Å². The lowest BCUT2D eigenvalue weighted by atomic mass is 10.1. The van der Waals surface area contributed by atoms with E-state index in [4.69, 9.17) is 9.47 Å². The largest absolute Gasteiger partial charge is 0.493 e. The van der Waals surface area contributed by atoms with Crippen molar-refractivity contribution < 1.29 is 14.3 Å². The van der Waals surface area contributed by atoms with E-state index in [0.29, 0.717) is 17.1 Å². The number of nitrogens with zero attached hydrogens (tertiary/aromatic N) is 1. The van der Waals surface area contributed by atoms with Crippen LogP contribution in [0.2, 0.25) is 0 Å². The zero-order chi connectivity index (χ0) is 14.5. The monoisotopic (exact) mass is 276 g/mol. The van der Waals surface area contributed by atoms with Gasteiger partial charge in [0.15, 0.2) is 17.3 Å². The standard InChI is InChI=1S/C15H20N2O3/c1-17-8-4-7-16-15(17)10-12(18)11-5-6-13(19-2)14(9-11)20-3/h5-6,9-10,16H,4,7-8H2,1-3H3/b15-10+. The zero-order valence-corrected chi connectivity index (χ0v) is 12.1. The van der Waals surface area contributed by atoms with Crippen LogP contribution in [-0.4, -0.2) is 45.0 Å². The van der Waals surface area contributed by atoms with Gasteiger partial charge in [0.25, 0.3) is 0 Å². The van der Waals surface area contributed by atoms with Crippen molar-refractivity contribution in [2.75, 3.05) is 34.4 Å². The first kappa shape index (κ1) is 14.2. The van der Waals surface area contributed by atoms with Crippen molar-refractivity contribution in [3.05, 3.63) is 35.7 Å². The molecule has 0 radical (unpaired) electrons. The van der Waals surface area contributed by atoms with Crippen molar-refractivity contribution in [2.45, 2.75) is 6.42 Å². The molecule has 0 bridgehead atoms. The van der Waals surface area contributed by atoms with Crippen LogP contribution < -0.4 is 14.8 Å². The van der Waals surface area contributed by atoms with Crippen LogP contribution >= 0.6 is 0 Å². The number of ether oxygens (including phenoxy) is 2. The molecular weight excluding hydrogens is 256 g/mol. The summed E-state index contributed by atoms with van der Waals surface area (Å²) < 4.78 is 10.4. The highest BCUT2D eigenvalue weighted by Gasteiger charge is 2.14. The van der Waals surface area contributed by atoms with Gasteiger partial charge >= 0.3 is 0 Å². The molecule has 0 spiro atoms. The highest BCUT2D eigenvalue weighted by atomic mass is 16.5. The summed E-state index contributed by atoms with van der Waals surface area (Å²) in [6.07, 6.45) is 2.71. The van der Waals surface area contributed by atoms with E-state index in [9.17, 15) is 4.79 Å². The number of nitrogens with one attached hydrogen (secondary N) is 1. The smallest absolute Gasteiger partial charge is 0.189 e. The maximum absolute atomic E-state index is 12.3. The van der Waals surface area contributed by atoms with Crippen molar-refractivity contribution in [1.29, 1.82) is 0 Å². The molecule has 2 rings (SSSR count). The van der Waals surface area contributed by atoms with Crippen LogP contribution in [0.1, 0.15) is 16.8 Å². The average molecular weight is 276 g/mol. The minimum Gasteiger partial charge on any atom is -0.493 e. The minimum absolute atomic E-state index is 0.0535. The highest BCUT2D eigenvalue weighted by Crippen LogP contribution is 2.27. The lowest BCUT2D eigenvalue weighted by molar-refractivity contribution is 0.104. The van der Waals surface area contributed by atoms with Gasteiger partial charge < -0.3 is 19.7 Å². The number of rotatable bonds is 4. The summed E-state index contributed by atoms with van der Waals surface area (Å²) in [5, 5.41) is 3.23. The Labute approximate surface area is 119 Å². The van der Waals surface area contributed by atoms with Gasteiger partial charge in [-0.1, -0.05) is 0 Å². The molecule has 5 heteroatoms. The van der Waals surface area contributed by atoms with Gasteiger partial charge in [0, 0.05) is 31.8 Å². The molecule has 1 aliphatic rings. The zero-order valence-electron chi connectivity index (χ0n) is 12.1. The van der Waals surface area contributed by atoms with E-state index in [0.717, 1.165) is 25.3 Å². The predicted octanol–water partition coefficient (Wildman–Crippen LogP) is 1.65. The molecule has 0 amide bonds. The fourth-order valence-electron chi connectivity index (χ4n) is 2.15. The van der Waals surface area contributed by atoms with Crippen LogP contribution in [0.5, 0.6) is 11.5 Å². The molecule has 0 atom stereocenters. The molecule has 1 aromatic carbocycles. The minimum atomic E-state index is -0.0535. The number of hydrogen-bond acceptors (Lipinski definition) is 5. The first-order chi connectivity index (χ1) is 9.65. The third-order valence-electron chi connectivity index (χ3n) is 3.32. The van der Waals surface area contributed by atoms with Crippen molar-refractivity contribution in [1.82, 2.24) is 10.2 Å². The van der Waals surface area contributed by atoms with Crippen molar-refractivity contribution in [3.8, 4) is 11.5 Å². The fourth-order valence-corrected chi connectivity index (χ4v) is 2.15. The quantitative estimate of drug-likeness (QED) is 0.669. The molecule has 1 heterocycles. The Balaban J connectivity index is 2.22. The lowest BCUT2D eigenvalue weighted by Gasteiger charge is -2.28. The molecule has 1 fully saturated rings. The summed E-state index contributed by atoms with van der Waals surface area (Å²) in [7, 11) is 5.10. The van der Waals surface area contributed by atoms with E-state index in [1.807, 2.05) is 11.9 Å². The van der Waals surface area contributed by atoms with Crippen LogP contribution in [0.3, 0.4) is 0 Å². The Bertz CT molecular complexity index is 526.